The van der Waals surface area contributed by atoms with Gasteiger partial charge >= 0.3 is 5.97 Å². The first-order valence-electron chi connectivity index (χ1n) is 8.68. The fourth-order valence-corrected chi connectivity index (χ4v) is 2.62. The standard InChI is InChI=1S/C21H25NO5/c1-15(21(24)22(2)17-8-6-5-7-9-17)27-20(23)11-10-16-12-18(25-3)14-19(13-16)26-4/h5-9,12-15H,10-11H2,1-4H3. The van der Waals surface area contributed by atoms with Gasteiger partial charge in [-0.3, -0.25) is 9.59 Å². The number of hydrogen-bond donors (Lipinski definition) is 0. The fourth-order valence-electron chi connectivity index (χ4n) is 2.62. The van der Waals surface area contributed by atoms with E-state index in [1.165, 1.54) is 4.90 Å². The molecule has 0 bridgehead atoms. The normalized spacial score (nSPS) is 11.4. The number of benzene rings is 2. The highest BCUT2D eigenvalue weighted by Crippen LogP contribution is 2.23. The van der Waals surface area contributed by atoms with Crippen molar-refractivity contribution in [2.75, 3.05) is 26.2 Å². The Labute approximate surface area is 159 Å². The molecule has 6 nitrogen and oxygen atoms in total. The zero-order chi connectivity index (χ0) is 19.8. The summed E-state index contributed by atoms with van der Waals surface area (Å²) in [5, 5.41) is 0. The van der Waals surface area contributed by atoms with Crippen LogP contribution in [0.1, 0.15) is 18.9 Å². The monoisotopic (exact) mass is 371 g/mol. The molecule has 0 aliphatic carbocycles. The maximum atomic E-state index is 12.4. The lowest BCUT2D eigenvalue weighted by Crippen LogP contribution is -2.37. The van der Waals surface area contributed by atoms with Crippen molar-refractivity contribution in [3.63, 3.8) is 0 Å². The van der Waals surface area contributed by atoms with Gasteiger partial charge in [-0.1, -0.05) is 18.2 Å². The summed E-state index contributed by atoms with van der Waals surface area (Å²) in [6.45, 7) is 1.58. The molecule has 1 unspecified atom stereocenters. The van der Waals surface area contributed by atoms with Gasteiger partial charge in [0.25, 0.3) is 5.91 Å². The minimum absolute atomic E-state index is 0.156. The molecule has 0 N–H and O–H groups in total. The summed E-state index contributed by atoms with van der Waals surface area (Å²) in [7, 11) is 4.80. The van der Waals surface area contributed by atoms with Crippen molar-refractivity contribution < 1.29 is 23.8 Å². The van der Waals surface area contributed by atoms with Gasteiger partial charge in [-0.05, 0) is 43.2 Å². The lowest BCUT2D eigenvalue weighted by molar-refractivity contribution is -0.153. The number of methoxy groups -OCH3 is 2. The van der Waals surface area contributed by atoms with Crippen LogP contribution in [0.5, 0.6) is 11.5 Å². The molecular weight excluding hydrogens is 346 g/mol. The lowest BCUT2D eigenvalue weighted by atomic mass is 10.1. The van der Waals surface area contributed by atoms with E-state index >= 15 is 0 Å². The zero-order valence-corrected chi connectivity index (χ0v) is 16.1. The van der Waals surface area contributed by atoms with Crippen LogP contribution in [0, 0.1) is 0 Å². The summed E-state index contributed by atoms with van der Waals surface area (Å²) in [6.07, 6.45) is -0.243. The molecule has 0 saturated carbocycles. The Balaban J connectivity index is 1.90. The SMILES string of the molecule is COc1cc(CCC(=O)OC(C)C(=O)N(C)c2ccccc2)cc(OC)c1. The molecule has 0 aromatic heterocycles. The number of likely N-dealkylation sites (N-methyl/N-ethyl adjacent to an activating group) is 1. The van der Waals surface area contributed by atoms with Gasteiger partial charge < -0.3 is 19.1 Å². The molecule has 0 radical (unpaired) electrons. The van der Waals surface area contributed by atoms with Crippen LogP contribution in [0.15, 0.2) is 48.5 Å². The zero-order valence-electron chi connectivity index (χ0n) is 16.1. The number of nitrogens with zero attached hydrogens (tertiary/aromatic N) is 1. The smallest absolute Gasteiger partial charge is 0.306 e. The maximum Gasteiger partial charge on any atom is 0.306 e. The maximum absolute atomic E-state index is 12.4. The molecule has 0 heterocycles. The van der Waals surface area contributed by atoms with E-state index in [-0.39, 0.29) is 12.3 Å². The molecule has 0 spiro atoms. The van der Waals surface area contributed by atoms with E-state index in [9.17, 15) is 9.59 Å². The number of amides is 1. The Bertz CT molecular complexity index is 753. The largest absolute Gasteiger partial charge is 0.497 e. The number of anilines is 1. The molecule has 2 aromatic rings. The van der Waals surface area contributed by atoms with Gasteiger partial charge in [0.1, 0.15) is 11.5 Å². The minimum atomic E-state index is -0.859. The number of esters is 1. The van der Waals surface area contributed by atoms with Gasteiger partial charge in [0.15, 0.2) is 6.10 Å². The van der Waals surface area contributed by atoms with Crippen LogP contribution in [0.4, 0.5) is 5.69 Å². The molecule has 144 valence electrons. The molecule has 2 aromatic carbocycles. The van der Waals surface area contributed by atoms with Gasteiger partial charge in [-0.25, -0.2) is 0 Å². The Morgan fingerprint density at radius 3 is 2.15 bits per heavy atom. The first-order chi connectivity index (χ1) is 12.9. The molecule has 2 rings (SSSR count). The highest BCUT2D eigenvalue weighted by molar-refractivity contribution is 5.96. The number of para-hydroxylation sites is 1. The molecule has 0 aliphatic heterocycles. The van der Waals surface area contributed by atoms with Crippen LogP contribution in [-0.4, -0.2) is 39.2 Å². The average molecular weight is 371 g/mol. The Morgan fingerprint density at radius 2 is 1.59 bits per heavy atom. The Kier molecular flexibility index (Phi) is 7.23. The topological polar surface area (TPSA) is 65.1 Å². The van der Waals surface area contributed by atoms with Gasteiger partial charge in [-0.15, -0.1) is 0 Å². The van der Waals surface area contributed by atoms with Gasteiger partial charge in [-0.2, -0.15) is 0 Å². The van der Waals surface area contributed by atoms with Crippen LogP contribution in [0.2, 0.25) is 0 Å². The van der Waals surface area contributed by atoms with Crippen molar-refractivity contribution in [3.8, 4) is 11.5 Å². The summed E-state index contributed by atoms with van der Waals surface area (Å²) < 4.78 is 15.7. The number of rotatable bonds is 8. The second kappa shape index (κ2) is 9.62. The van der Waals surface area contributed by atoms with Crippen molar-refractivity contribution in [3.05, 3.63) is 54.1 Å². The third-order valence-corrected chi connectivity index (χ3v) is 4.16. The summed E-state index contributed by atoms with van der Waals surface area (Å²) in [5.74, 6) is 0.605. The third-order valence-electron chi connectivity index (χ3n) is 4.16. The molecule has 0 saturated heterocycles. The van der Waals surface area contributed by atoms with Crippen LogP contribution in [0.25, 0.3) is 0 Å². The van der Waals surface area contributed by atoms with Crippen molar-refractivity contribution in [1.82, 2.24) is 0 Å². The van der Waals surface area contributed by atoms with E-state index in [0.29, 0.717) is 17.9 Å². The number of hydrogen-bond acceptors (Lipinski definition) is 5. The van der Waals surface area contributed by atoms with Gasteiger partial charge in [0, 0.05) is 25.2 Å². The molecule has 1 atom stereocenters. The van der Waals surface area contributed by atoms with Crippen LogP contribution >= 0.6 is 0 Å². The van der Waals surface area contributed by atoms with E-state index in [0.717, 1.165) is 11.3 Å². The second-order valence-electron chi connectivity index (χ2n) is 6.09. The van der Waals surface area contributed by atoms with Crippen molar-refractivity contribution in [2.45, 2.75) is 25.9 Å². The summed E-state index contributed by atoms with van der Waals surface area (Å²) >= 11 is 0. The predicted octanol–water partition coefficient (Wildman–Crippen LogP) is 3.23. The Morgan fingerprint density at radius 1 is 1.00 bits per heavy atom. The van der Waals surface area contributed by atoms with Crippen LogP contribution < -0.4 is 14.4 Å². The molecule has 0 fully saturated rings. The number of carbonyl (C=O) groups excluding carboxylic acids is 2. The number of aryl methyl sites for hydroxylation is 1. The molecule has 0 aliphatic rings. The highest BCUT2D eigenvalue weighted by atomic mass is 16.5. The summed E-state index contributed by atoms with van der Waals surface area (Å²) in [5.41, 5.74) is 1.64. The van der Waals surface area contributed by atoms with Gasteiger partial charge in [0.05, 0.1) is 14.2 Å². The van der Waals surface area contributed by atoms with Crippen LogP contribution in [0.3, 0.4) is 0 Å². The molecule has 27 heavy (non-hydrogen) atoms. The summed E-state index contributed by atoms with van der Waals surface area (Å²) in [6, 6.07) is 14.7. The molecule has 6 heteroatoms. The van der Waals surface area contributed by atoms with E-state index in [1.54, 1.807) is 34.3 Å². The fraction of sp³-hybridized carbons (Fsp3) is 0.333. The number of carbonyl (C=O) groups is 2. The van der Waals surface area contributed by atoms with Crippen molar-refractivity contribution in [1.29, 1.82) is 0 Å². The molecule has 1 amide bonds. The first kappa shape index (κ1) is 20.3. The highest BCUT2D eigenvalue weighted by Gasteiger charge is 2.22. The average Bonchev–Trinajstić information content (AvgIpc) is 2.71. The van der Waals surface area contributed by atoms with E-state index in [2.05, 4.69) is 0 Å². The minimum Gasteiger partial charge on any atom is -0.497 e. The Hall–Kier alpha value is -3.02. The van der Waals surface area contributed by atoms with Crippen LogP contribution in [-0.2, 0) is 20.7 Å². The quantitative estimate of drug-likeness (QED) is 0.667. The predicted molar refractivity (Wildman–Crippen MR) is 103 cm³/mol. The number of ether oxygens (including phenoxy) is 3. The van der Waals surface area contributed by atoms with E-state index < -0.39 is 12.1 Å². The van der Waals surface area contributed by atoms with E-state index in [1.807, 2.05) is 42.5 Å². The van der Waals surface area contributed by atoms with Crippen molar-refractivity contribution in [2.24, 2.45) is 0 Å². The third kappa shape index (κ3) is 5.74. The lowest BCUT2D eigenvalue weighted by Gasteiger charge is -2.21. The van der Waals surface area contributed by atoms with E-state index in [4.69, 9.17) is 14.2 Å². The molecular formula is C21H25NO5. The van der Waals surface area contributed by atoms with Crippen molar-refractivity contribution >= 4 is 17.6 Å². The second-order valence-corrected chi connectivity index (χ2v) is 6.09. The summed E-state index contributed by atoms with van der Waals surface area (Å²) in [4.78, 5) is 26.1. The van der Waals surface area contributed by atoms with Gasteiger partial charge in [0.2, 0.25) is 0 Å². The first-order valence-corrected chi connectivity index (χ1v) is 8.68.